The molecule has 0 radical (unpaired) electrons. The highest BCUT2D eigenvalue weighted by atomic mass is 19.1. The lowest BCUT2D eigenvalue weighted by molar-refractivity contribution is -0.133. The van der Waals surface area contributed by atoms with Gasteiger partial charge in [-0.3, -0.25) is 14.4 Å². The van der Waals surface area contributed by atoms with Gasteiger partial charge in [-0.1, -0.05) is 0 Å². The van der Waals surface area contributed by atoms with Crippen LogP contribution in [-0.4, -0.2) is 36.0 Å². The van der Waals surface area contributed by atoms with Crippen LogP contribution in [0, 0.1) is 5.82 Å². The summed E-state index contributed by atoms with van der Waals surface area (Å²) >= 11 is 0. The summed E-state index contributed by atoms with van der Waals surface area (Å²) in [6.07, 6.45) is -0.00693. The van der Waals surface area contributed by atoms with Crippen molar-refractivity contribution in [2.75, 3.05) is 13.6 Å². The van der Waals surface area contributed by atoms with Gasteiger partial charge < -0.3 is 4.90 Å². The number of Topliss-reactive ketones (excluding diaryl/α,β-unsaturated/α-hetero) is 2. The fourth-order valence-electron chi connectivity index (χ4n) is 1.52. The summed E-state index contributed by atoms with van der Waals surface area (Å²) in [7, 11) is 1.54. The predicted molar refractivity (Wildman–Crippen MR) is 68.3 cm³/mol. The Labute approximate surface area is 111 Å². The molecule has 0 saturated heterocycles. The molecule has 0 saturated carbocycles. The number of benzene rings is 1. The molecule has 0 aromatic heterocycles. The quantitative estimate of drug-likeness (QED) is 0.582. The zero-order chi connectivity index (χ0) is 14.4. The second-order valence-corrected chi connectivity index (χ2v) is 4.37. The first-order chi connectivity index (χ1) is 8.90. The van der Waals surface area contributed by atoms with Crippen LogP contribution >= 0.6 is 0 Å². The molecule has 4 nitrogen and oxygen atoms in total. The minimum atomic E-state index is -0.398. The van der Waals surface area contributed by atoms with E-state index >= 15 is 0 Å². The van der Waals surface area contributed by atoms with Gasteiger partial charge in [0, 0.05) is 25.6 Å². The summed E-state index contributed by atoms with van der Waals surface area (Å²) in [5.41, 5.74) is 0.411. The molecule has 1 aromatic carbocycles. The molecule has 5 heteroatoms. The smallest absolute Gasteiger partial charge is 0.229 e. The molecule has 0 atom stereocenters. The summed E-state index contributed by atoms with van der Waals surface area (Å²) in [6.45, 7) is 1.58. The molecule has 0 heterocycles. The Bertz CT molecular complexity index is 482. The van der Waals surface area contributed by atoms with Crippen LogP contribution in [0.1, 0.15) is 30.1 Å². The van der Waals surface area contributed by atoms with E-state index in [0.29, 0.717) is 5.56 Å². The molecule has 0 aliphatic heterocycles. The van der Waals surface area contributed by atoms with Crippen molar-refractivity contribution >= 4 is 17.5 Å². The van der Waals surface area contributed by atoms with Crippen molar-refractivity contribution in [3.05, 3.63) is 35.6 Å². The van der Waals surface area contributed by atoms with Crippen molar-refractivity contribution in [3.8, 4) is 0 Å². The Morgan fingerprint density at radius 2 is 1.74 bits per heavy atom. The molecular weight excluding hydrogens is 249 g/mol. The number of carbonyl (C=O) groups is 3. The topological polar surface area (TPSA) is 54.5 Å². The first kappa shape index (κ1) is 15.0. The fraction of sp³-hybridized carbons (Fsp3) is 0.357. The van der Waals surface area contributed by atoms with Gasteiger partial charge in [0.1, 0.15) is 11.6 Å². The number of carbonyl (C=O) groups excluding carboxylic acids is 3. The van der Waals surface area contributed by atoms with Crippen molar-refractivity contribution in [1.82, 2.24) is 4.90 Å². The Kier molecular flexibility index (Phi) is 5.36. The molecule has 0 N–H and O–H groups in total. The third-order valence-corrected chi connectivity index (χ3v) is 2.67. The summed E-state index contributed by atoms with van der Waals surface area (Å²) in [5.74, 6) is -1.08. The van der Waals surface area contributed by atoms with Crippen LogP contribution in [0.2, 0.25) is 0 Å². The third-order valence-electron chi connectivity index (χ3n) is 2.67. The zero-order valence-electron chi connectivity index (χ0n) is 11.0. The van der Waals surface area contributed by atoms with Gasteiger partial charge in [0.2, 0.25) is 5.91 Å². The van der Waals surface area contributed by atoms with E-state index in [4.69, 9.17) is 0 Å². The highest BCUT2D eigenvalue weighted by Gasteiger charge is 2.13. The molecule has 1 rings (SSSR count). The predicted octanol–water partition coefficient (Wildman–Crippen LogP) is 1.84. The van der Waals surface area contributed by atoms with Crippen LogP contribution in [-0.2, 0) is 9.59 Å². The average molecular weight is 265 g/mol. The van der Waals surface area contributed by atoms with E-state index in [1.54, 1.807) is 7.05 Å². The van der Waals surface area contributed by atoms with Crippen molar-refractivity contribution in [2.45, 2.75) is 19.8 Å². The summed E-state index contributed by atoms with van der Waals surface area (Å²) in [5, 5.41) is 0. The molecular formula is C14H16FNO3. The van der Waals surface area contributed by atoms with Crippen LogP contribution in [0.25, 0.3) is 0 Å². The van der Waals surface area contributed by atoms with Crippen LogP contribution in [0.3, 0.4) is 0 Å². The average Bonchev–Trinajstić information content (AvgIpc) is 2.35. The standard InChI is InChI=1S/C14H16FNO3/c1-10(17)9-14(19)16(2)8-7-13(18)11-3-5-12(15)6-4-11/h3-6H,7-9H2,1-2H3. The van der Waals surface area contributed by atoms with Gasteiger partial charge in [-0.2, -0.15) is 0 Å². The fourth-order valence-corrected chi connectivity index (χ4v) is 1.52. The van der Waals surface area contributed by atoms with Gasteiger partial charge in [0.15, 0.2) is 5.78 Å². The molecule has 102 valence electrons. The Hall–Kier alpha value is -2.04. The second kappa shape index (κ2) is 6.78. The minimum absolute atomic E-state index is 0.145. The lowest BCUT2D eigenvalue weighted by atomic mass is 10.1. The van der Waals surface area contributed by atoms with Gasteiger partial charge >= 0.3 is 0 Å². The van der Waals surface area contributed by atoms with Crippen molar-refractivity contribution in [1.29, 1.82) is 0 Å². The van der Waals surface area contributed by atoms with Crippen LogP contribution in [0.15, 0.2) is 24.3 Å². The molecule has 1 aromatic rings. The normalized spacial score (nSPS) is 10.1. The molecule has 1 amide bonds. The first-order valence-electron chi connectivity index (χ1n) is 5.92. The van der Waals surface area contributed by atoms with Crippen molar-refractivity contribution in [3.63, 3.8) is 0 Å². The number of amides is 1. The Balaban J connectivity index is 2.48. The highest BCUT2D eigenvalue weighted by Crippen LogP contribution is 2.06. The number of halogens is 1. The summed E-state index contributed by atoms with van der Waals surface area (Å²) < 4.78 is 12.7. The highest BCUT2D eigenvalue weighted by molar-refractivity contribution is 5.98. The van der Waals surface area contributed by atoms with Gasteiger partial charge in [-0.15, -0.1) is 0 Å². The number of rotatable bonds is 6. The summed E-state index contributed by atoms with van der Waals surface area (Å²) in [4.78, 5) is 35.4. The molecule has 19 heavy (non-hydrogen) atoms. The Morgan fingerprint density at radius 3 is 2.26 bits per heavy atom. The molecule has 0 bridgehead atoms. The molecule has 0 aliphatic rings. The molecule has 0 unspecified atom stereocenters. The van der Waals surface area contributed by atoms with E-state index in [0.717, 1.165) is 0 Å². The van der Waals surface area contributed by atoms with Gasteiger partial charge in [0.25, 0.3) is 0 Å². The lowest BCUT2D eigenvalue weighted by Crippen LogP contribution is -2.30. The lowest BCUT2D eigenvalue weighted by Gasteiger charge is -2.15. The van der Waals surface area contributed by atoms with Gasteiger partial charge in [0.05, 0.1) is 6.42 Å². The number of ketones is 2. The maximum Gasteiger partial charge on any atom is 0.229 e. The van der Waals surface area contributed by atoms with E-state index in [1.165, 1.54) is 36.1 Å². The molecule has 0 fully saturated rings. The van der Waals surface area contributed by atoms with Crippen molar-refractivity contribution in [2.24, 2.45) is 0 Å². The third kappa shape index (κ3) is 4.99. The van der Waals surface area contributed by atoms with Crippen LogP contribution in [0.4, 0.5) is 4.39 Å². The maximum atomic E-state index is 12.7. The number of hydrogen-bond acceptors (Lipinski definition) is 3. The van der Waals surface area contributed by atoms with Gasteiger partial charge in [-0.25, -0.2) is 4.39 Å². The minimum Gasteiger partial charge on any atom is -0.345 e. The van der Waals surface area contributed by atoms with Crippen LogP contribution in [0.5, 0.6) is 0 Å². The largest absolute Gasteiger partial charge is 0.345 e. The van der Waals surface area contributed by atoms with E-state index in [2.05, 4.69) is 0 Å². The monoisotopic (exact) mass is 265 g/mol. The van der Waals surface area contributed by atoms with E-state index in [-0.39, 0.29) is 36.9 Å². The van der Waals surface area contributed by atoms with E-state index in [9.17, 15) is 18.8 Å². The molecule has 0 spiro atoms. The van der Waals surface area contributed by atoms with Crippen LogP contribution < -0.4 is 0 Å². The van der Waals surface area contributed by atoms with Gasteiger partial charge in [-0.05, 0) is 31.2 Å². The number of hydrogen-bond donors (Lipinski definition) is 0. The number of nitrogens with zero attached hydrogens (tertiary/aromatic N) is 1. The van der Waals surface area contributed by atoms with E-state index in [1.807, 2.05) is 0 Å². The second-order valence-electron chi connectivity index (χ2n) is 4.37. The molecule has 0 aliphatic carbocycles. The first-order valence-corrected chi connectivity index (χ1v) is 5.92. The Morgan fingerprint density at radius 1 is 1.16 bits per heavy atom. The summed E-state index contributed by atoms with van der Waals surface area (Å²) in [6, 6.07) is 5.26. The zero-order valence-corrected chi connectivity index (χ0v) is 11.0. The maximum absolute atomic E-state index is 12.7. The van der Waals surface area contributed by atoms with Crippen molar-refractivity contribution < 1.29 is 18.8 Å². The van der Waals surface area contributed by atoms with E-state index < -0.39 is 5.82 Å². The SMILES string of the molecule is CC(=O)CC(=O)N(C)CCC(=O)c1ccc(F)cc1.